The van der Waals surface area contributed by atoms with Gasteiger partial charge in [0.05, 0.1) is 6.54 Å². The van der Waals surface area contributed by atoms with Crippen LogP contribution < -0.4 is 5.32 Å². The molecule has 1 saturated heterocycles. The molecular weight excluding hydrogens is 350 g/mol. The molecule has 4 rings (SSSR count). The second kappa shape index (κ2) is 7.76. The molecule has 28 heavy (non-hydrogen) atoms. The highest BCUT2D eigenvalue weighted by Gasteiger charge is 2.49. The quantitative estimate of drug-likeness (QED) is 0.862. The predicted molar refractivity (Wildman–Crippen MR) is 109 cm³/mol. The van der Waals surface area contributed by atoms with Crippen LogP contribution in [0.15, 0.2) is 54.6 Å². The molecule has 0 aromatic heterocycles. The molecule has 1 aliphatic carbocycles. The summed E-state index contributed by atoms with van der Waals surface area (Å²) in [5.74, 6) is 0.00584. The van der Waals surface area contributed by atoms with Crippen molar-refractivity contribution in [3.05, 3.63) is 71.3 Å². The van der Waals surface area contributed by atoms with Gasteiger partial charge in [0.25, 0.3) is 0 Å². The summed E-state index contributed by atoms with van der Waals surface area (Å²) < 4.78 is 0. The average molecular weight is 377 g/mol. The number of nitrogens with one attached hydrogen (secondary N) is 1. The Morgan fingerprint density at radius 3 is 2.36 bits per heavy atom. The van der Waals surface area contributed by atoms with Crippen molar-refractivity contribution in [2.45, 2.75) is 24.8 Å². The number of rotatable bonds is 5. The molecule has 1 heterocycles. The van der Waals surface area contributed by atoms with Crippen LogP contribution in [0.2, 0.25) is 0 Å². The highest BCUT2D eigenvalue weighted by Crippen LogP contribution is 2.36. The lowest BCUT2D eigenvalue weighted by Gasteiger charge is -2.42. The second-order valence-corrected chi connectivity index (χ2v) is 7.89. The topological polar surface area (TPSA) is 52.7 Å². The average Bonchev–Trinajstić information content (AvgIpc) is 3.13. The van der Waals surface area contributed by atoms with Gasteiger partial charge < -0.3 is 10.2 Å². The fraction of sp³-hybridized carbons (Fsp3) is 0.391. The first-order valence-electron chi connectivity index (χ1n) is 9.96. The number of hydrogen-bond acceptors (Lipinski definition) is 3. The van der Waals surface area contributed by atoms with Gasteiger partial charge in [-0.2, -0.15) is 0 Å². The van der Waals surface area contributed by atoms with E-state index < -0.39 is 5.54 Å². The number of amides is 2. The van der Waals surface area contributed by atoms with Gasteiger partial charge in [0.2, 0.25) is 11.8 Å². The number of carbonyl (C=O) groups is 2. The number of benzene rings is 2. The lowest BCUT2D eigenvalue weighted by Crippen LogP contribution is -2.63. The van der Waals surface area contributed by atoms with E-state index in [2.05, 4.69) is 41.5 Å². The molecule has 2 amide bonds. The van der Waals surface area contributed by atoms with Crippen LogP contribution in [0.1, 0.15) is 16.7 Å². The van der Waals surface area contributed by atoms with Gasteiger partial charge in [-0.25, -0.2) is 0 Å². The third-order valence-electron chi connectivity index (χ3n) is 6.12. The maximum atomic E-state index is 13.7. The number of hydrogen-bond donors (Lipinski definition) is 1. The lowest BCUT2D eigenvalue weighted by atomic mass is 9.90. The van der Waals surface area contributed by atoms with E-state index in [-0.39, 0.29) is 18.4 Å². The minimum atomic E-state index is -0.615. The summed E-state index contributed by atoms with van der Waals surface area (Å²) in [6.07, 6.45) is 2.29. The number of piperazine rings is 1. The van der Waals surface area contributed by atoms with Gasteiger partial charge in [0, 0.05) is 32.5 Å². The van der Waals surface area contributed by atoms with E-state index in [1.807, 2.05) is 30.3 Å². The van der Waals surface area contributed by atoms with E-state index in [1.54, 1.807) is 4.90 Å². The van der Waals surface area contributed by atoms with Crippen LogP contribution in [0.5, 0.6) is 0 Å². The molecule has 5 nitrogen and oxygen atoms in total. The fourth-order valence-electron chi connectivity index (χ4n) is 4.44. The molecule has 146 valence electrons. The van der Waals surface area contributed by atoms with Gasteiger partial charge in [-0.05, 0) is 30.2 Å². The molecule has 0 bridgehead atoms. The van der Waals surface area contributed by atoms with Crippen LogP contribution >= 0.6 is 0 Å². The van der Waals surface area contributed by atoms with E-state index in [0.717, 1.165) is 13.0 Å². The molecule has 2 aromatic rings. The van der Waals surface area contributed by atoms with Gasteiger partial charge in [0.15, 0.2) is 0 Å². The first-order valence-corrected chi connectivity index (χ1v) is 9.96. The van der Waals surface area contributed by atoms with Crippen molar-refractivity contribution in [3.63, 3.8) is 0 Å². The number of fused-ring (bicyclic) bond motifs is 1. The van der Waals surface area contributed by atoms with E-state index in [1.165, 1.54) is 16.7 Å². The Labute approximate surface area is 166 Å². The highest BCUT2D eigenvalue weighted by atomic mass is 16.2. The maximum absolute atomic E-state index is 13.7. The van der Waals surface area contributed by atoms with Crippen LogP contribution in [-0.4, -0.2) is 60.4 Å². The summed E-state index contributed by atoms with van der Waals surface area (Å²) in [6.45, 7) is 2.06. The molecule has 1 N–H and O–H groups in total. The van der Waals surface area contributed by atoms with E-state index in [9.17, 15) is 9.59 Å². The number of nitrogens with zero attached hydrogens (tertiary/aromatic N) is 2. The Morgan fingerprint density at radius 1 is 1.07 bits per heavy atom. The summed E-state index contributed by atoms with van der Waals surface area (Å²) >= 11 is 0. The summed E-state index contributed by atoms with van der Waals surface area (Å²) in [7, 11) is 2.05. The SMILES string of the molecule is CN(CCc1ccccc1)C1(C(=O)N2CCNC(=O)C2)Cc2ccccc2C1. The Bertz CT molecular complexity index is 840. The maximum Gasteiger partial charge on any atom is 0.244 e. The normalized spacial score (nSPS) is 18.1. The summed E-state index contributed by atoms with van der Waals surface area (Å²) in [5.41, 5.74) is 3.13. The molecule has 1 aliphatic heterocycles. The molecule has 1 fully saturated rings. The summed E-state index contributed by atoms with van der Waals surface area (Å²) in [4.78, 5) is 29.5. The van der Waals surface area contributed by atoms with Crippen molar-refractivity contribution < 1.29 is 9.59 Å². The Kier molecular flexibility index (Phi) is 5.18. The molecule has 2 aliphatic rings. The minimum Gasteiger partial charge on any atom is -0.353 e. The first-order chi connectivity index (χ1) is 13.6. The zero-order valence-electron chi connectivity index (χ0n) is 16.4. The van der Waals surface area contributed by atoms with Crippen molar-refractivity contribution in [3.8, 4) is 0 Å². The van der Waals surface area contributed by atoms with Crippen LogP contribution in [0.25, 0.3) is 0 Å². The molecular formula is C23H27N3O2. The number of likely N-dealkylation sites (N-methyl/N-ethyl adjacent to an activating group) is 1. The zero-order chi connectivity index (χ0) is 19.6. The van der Waals surface area contributed by atoms with Crippen LogP contribution in [0.3, 0.4) is 0 Å². The molecule has 0 spiro atoms. The Hall–Kier alpha value is -2.66. The van der Waals surface area contributed by atoms with Gasteiger partial charge in [-0.15, -0.1) is 0 Å². The molecule has 0 unspecified atom stereocenters. The standard InChI is InChI=1S/C23H27N3O2/c1-25(13-11-18-7-3-2-4-8-18)23(15-19-9-5-6-10-20(19)16-23)22(28)26-14-12-24-21(27)17-26/h2-10H,11-17H2,1H3,(H,24,27). The van der Waals surface area contributed by atoms with Crippen LogP contribution in [0, 0.1) is 0 Å². The van der Waals surface area contributed by atoms with Crippen LogP contribution in [0.4, 0.5) is 0 Å². The second-order valence-electron chi connectivity index (χ2n) is 7.89. The van der Waals surface area contributed by atoms with Crippen molar-refractivity contribution >= 4 is 11.8 Å². The fourth-order valence-corrected chi connectivity index (χ4v) is 4.44. The van der Waals surface area contributed by atoms with E-state index >= 15 is 0 Å². The molecule has 0 saturated carbocycles. The predicted octanol–water partition coefficient (Wildman–Crippen LogP) is 1.66. The molecule has 0 radical (unpaired) electrons. The van der Waals surface area contributed by atoms with Crippen molar-refractivity contribution in [2.24, 2.45) is 0 Å². The third-order valence-corrected chi connectivity index (χ3v) is 6.12. The molecule has 2 aromatic carbocycles. The largest absolute Gasteiger partial charge is 0.353 e. The Morgan fingerprint density at radius 2 is 1.71 bits per heavy atom. The van der Waals surface area contributed by atoms with Crippen LogP contribution in [-0.2, 0) is 28.9 Å². The third kappa shape index (κ3) is 3.54. The summed E-state index contributed by atoms with van der Waals surface area (Å²) in [6, 6.07) is 18.7. The lowest BCUT2D eigenvalue weighted by molar-refractivity contribution is -0.148. The van der Waals surface area contributed by atoms with E-state index in [0.29, 0.717) is 25.9 Å². The zero-order valence-corrected chi connectivity index (χ0v) is 16.4. The minimum absolute atomic E-state index is 0.0720. The van der Waals surface area contributed by atoms with Crippen molar-refractivity contribution in [1.29, 1.82) is 0 Å². The van der Waals surface area contributed by atoms with Gasteiger partial charge in [-0.3, -0.25) is 14.5 Å². The van der Waals surface area contributed by atoms with Crippen molar-refractivity contribution in [1.82, 2.24) is 15.1 Å². The molecule has 5 heteroatoms. The highest BCUT2D eigenvalue weighted by molar-refractivity contribution is 5.92. The molecule has 0 atom stereocenters. The van der Waals surface area contributed by atoms with E-state index in [4.69, 9.17) is 0 Å². The van der Waals surface area contributed by atoms with Gasteiger partial charge in [0.1, 0.15) is 5.54 Å². The smallest absolute Gasteiger partial charge is 0.244 e. The first kappa shape index (κ1) is 18.7. The van der Waals surface area contributed by atoms with Gasteiger partial charge >= 0.3 is 0 Å². The van der Waals surface area contributed by atoms with Gasteiger partial charge in [-0.1, -0.05) is 54.6 Å². The van der Waals surface area contributed by atoms with Crippen molar-refractivity contribution in [2.75, 3.05) is 33.2 Å². The Balaban J connectivity index is 1.59. The summed E-state index contributed by atoms with van der Waals surface area (Å²) in [5, 5.41) is 2.82. The monoisotopic (exact) mass is 377 g/mol. The number of carbonyl (C=O) groups excluding carboxylic acids is 2.